The number of methoxy groups -OCH3 is 1. The molecule has 1 amide bonds. The molecule has 3 atom stereocenters. The number of aryl methyl sites for hydroxylation is 1. The average molecular weight is 409 g/mol. The highest BCUT2D eigenvalue weighted by Gasteiger charge is 2.43. The Kier molecular flexibility index (Phi) is 4.88. The summed E-state index contributed by atoms with van der Waals surface area (Å²) in [5, 5.41) is 3.01. The number of carbonyl (C=O) groups is 1. The fourth-order valence-corrected chi connectivity index (χ4v) is 4.61. The summed E-state index contributed by atoms with van der Waals surface area (Å²) in [6.45, 7) is 0.463. The molecule has 7 nitrogen and oxygen atoms in total. The van der Waals surface area contributed by atoms with Crippen molar-refractivity contribution in [3.05, 3.63) is 59.2 Å². The number of imidazole rings is 1. The lowest BCUT2D eigenvalue weighted by Crippen LogP contribution is -2.46. The number of hydrogen-bond acceptors (Lipinski definition) is 5. The van der Waals surface area contributed by atoms with Gasteiger partial charge in [0.05, 0.1) is 24.2 Å². The molecule has 1 aromatic heterocycles. The smallest absolute Gasteiger partial charge is 0.238 e. The number of hydrazine groups is 1. The molecule has 0 saturated carbocycles. The van der Waals surface area contributed by atoms with E-state index < -0.39 is 0 Å². The Morgan fingerprint density at radius 3 is 3.03 bits per heavy atom. The molecule has 1 aliphatic heterocycles. The number of fused-ring (bicyclic) bond motifs is 4. The summed E-state index contributed by atoms with van der Waals surface area (Å²) in [5.74, 6) is 1.47. The Hall–Kier alpha value is -2.97. The minimum absolute atomic E-state index is 0.0193. The molecule has 4 N–H and O–H groups in total. The van der Waals surface area contributed by atoms with Crippen molar-refractivity contribution in [3.63, 3.8) is 0 Å². The van der Waals surface area contributed by atoms with E-state index in [2.05, 4.69) is 38.3 Å². The average Bonchev–Trinajstić information content (AvgIpc) is 3.36. The Labute approximate surface area is 173 Å². The molecule has 30 heavy (non-hydrogen) atoms. The highest BCUT2D eigenvalue weighted by atomic mass is 19.1. The van der Waals surface area contributed by atoms with Crippen LogP contribution in [0.5, 0.6) is 5.75 Å². The molecule has 0 bridgehead atoms. The first-order valence-electron chi connectivity index (χ1n) is 10.2. The van der Waals surface area contributed by atoms with Crippen LogP contribution in [0.25, 0.3) is 11.0 Å². The van der Waals surface area contributed by atoms with E-state index in [0.717, 1.165) is 29.9 Å². The lowest BCUT2D eigenvalue weighted by molar-refractivity contribution is -0.123. The summed E-state index contributed by atoms with van der Waals surface area (Å²) < 4.78 is 18.6. The number of aromatic nitrogens is 2. The molecule has 2 heterocycles. The molecule has 1 aliphatic carbocycles. The number of nitrogens with zero attached hydrogens (tertiary/aromatic N) is 1. The summed E-state index contributed by atoms with van der Waals surface area (Å²) in [6, 6.07) is 10.4. The van der Waals surface area contributed by atoms with Gasteiger partial charge in [0.15, 0.2) is 0 Å². The lowest BCUT2D eigenvalue weighted by Gasteiger charge is -2.29. The van der Waals surface area contributed by atoms with Gasteiger partial charge in [-0.3, -0.25) is 4.79 Å². The normalized spacial score (nSPS) is 22.5. The number of H-pyrrole nitrogens is 1. The van der Waals surface area contributed by atoms with Gasteiger partial charge in [-0.15, -0.1) is 0 Å². The third-order valence-electron chi connectivity index (χ3n) is 6.12. The van der Waals surface area contributed by atoms with Crippen LogP contribution in [0.1, 0.15) is 29.4 Å². The van der Waals surface area contributed by atoms with Crippen LogP contribution >= 0.6 is 0 Å². The Morgan fingerprint density at radius 1 is 1.27 bits per heavy atom. The van der Waals surface area contributed by atoms with E-state index in [1.807, 2.05) is 6.07 Å². The molecule has 2 aliphatic rings. The van der Waals surface area contributed by atoms with Gasteiger partial charge in [-0.2, -0.15) is 0 Å². The second-order valence-corrected chi connectivity index (χ2v) is 7.90. The van der Waals surface area contributed by atoms with Crippen molar-refractivity contribution >= 4 is 16.9 Å². The van der Waals surface area contributed by atoms with E-state index in [1.165, 1.54) is 23.3 Å². The molecule has 0 radical (unpaired) electrons. The van der Waals surface area contributed by atoms with Gasteiger partial charge in [0.2, 0.25) is 5.91 Å². The second kappa shape index (κ2) is 7.70. The van der Waals surface area contributed by atoms with Crippen molar-refractivity contribution < 1.29 is 13.9 Å². The number of carbonyl (C=O) groups excluding carboxylic acids is 1. The molecule has 0 spiro atoms. The number of rotatable bonds is 5. The first-order chi connectivity index (χ1) is 14.6. The molecule has 8 heteroatoms. The third-order valence-corrected chi connectivity index (χ3v) is 6.12. The first kappa shape index (κ1) is 19.0. The maximum absolute atomic E-state index is 13.3. The molecule has 5 rings (SSSR count). The number of aromatic amines is 1. The van der Waals surface area contributed by atoms with Crippen LogP contribution in [0.2, 0.25) is 0 Å². The number of benzene rings is 2. The molecular formula is C22H24FN5O2. The minimum atomic E-state index is -0.298. The van der Waals surface area contributed by atoms with E-state index in [0.29, 0.717) is 18.5 Å². The number of ether oxygens (including phenoxy) is 1. The zero-order chi connectivity index (χ0) is 20.7. The van der Waals surface area contributed by atoms with Gasteiger partial charge in [-0.05, 0) is 54.3 Å². The molecular weight excluding hydrogens is 385 g/mol. The zero-order valence-corrected chi connectivity index (χ0v) is 16.7. The van der Waals surface area contributed by atoms with Crippen LogP contribution in [-0.4, -0.2) is 35.6 Å². The van der Waals surface area contributed by atoms with Crippen molar-refractivity contribution in [1.82, 2.24) is 26.1 Å². The van der Waals surface area contributed by atoms with Crippen LogP contribution in [0.3, 0.4) is 0 Å². The van der Waals surface area contributed by atoms with Crippen molar-refractivity contribution in [2.45, 2.75) is 31.3 Å². The second-order valence-electron chi connectivity index (χ2n) is 7.90. The highest BCUT2D eigenvalue weighted by molar-refractivity contribution is 5.82. The predicted octanol–water partition coefficient (Wildman–Crippen LogP) is 2.15. The fourth-order valence-electron chi connectivity index (χ4n) is 4.61. The summed E-state index contributed by atoms with van der Waals surface area (Å²) in [5.41, 5.74) is 10.4. The largest absolute Gasteiger partial charge is 0.497 e. The van der Waals surface area contributed by atoms with Crippen LogP contribution in [-0.2, 0) is 17.6 Å². The lowest BCUT2D eigenvalue weighted by atomic mass is 9.77. The molecule has 156 valence electrons. The van der Waals surface area contributed by atoms with Crippen LogP contribution in [0.4, 0.5) is 4.39 Å². The van der Waals surface area contributed by atoms with Gasteiger partial charge in [-0.1, -0.05) is 6.07 Å². The van der Waals surface area contributed by atoms with E-state index in [-0.39, 0.29) is 29.7 Å². The van der Waals surface area contributed by atoms with Gasteiger partial charge in [-0.25, -0.2) is 20.2 Å². The maximum atomic E-state index is 13.3. The van der Waals surface area contributed by atoms with Crippen molar-refractivity contribution in [2.24, 2.45) is 5.92 Å². The van der Waals surface area contributed by atoms with Crippen LogP contribution < -0.4 is 20.9 Å². The SMILES string of the molecule is COc1ccc2c(c1)CCC1C(C(=O)NCCc3nc4ccc(F)cc4[nH]3)NNC21. The standard InChI is InChI=1S/C22H24FN5O2/c1-30-14-4-6-15-12(10-14)2-5-16-20(15)27-28-21(16)22(29)24-9-8-19-25-17-7-3-13(23)11-18(17)26-19/h3-4,6-7,10-11,16,20-21,27-28H,2,5,8-9H2,1H3,(H,24,29)(H,25,26). The highest BCUT2D eigenvalue weighted by Crippen LogP contribution is 2.40. The summed E-state index contributed by atoms with van der Waals surface area (Å²) in [7, 11) is 1.67. The topological polar surface area (TPSA) is 91.1 Å². The summed E-state index contributed by atoms with van der Waals surface area (Å²) in [6.07, 6.45) is 2.41. The van der Waals surface area contributed by atoms with Crippen molar-refractivity contribution in [3.8, 4) is 5.75 Å². The van der Waals surface area contributed by atoms with Gasteiger partial charge in [0.25, 0.3) is 0 Å². The molecule has 3 aromatic rings. The monoisotopic (exact) mass is 409 g/mol. The minimum Gasteiger partial charge on any atom is -0.497 e. The van der Waals surface area contributed by atoms with Gasteiger partial charge >= 0.3 is 0 Å². The first-order valence-corrected chi connectivity index (χ1v) is 10.2. The van der Waals surface area contributed by atoms with Crippen molar-refractivity contribution in [1.29, 1.82) is 0 Å². The van der Waals surface area contributed by atoms with Crippen LogP contribution in [0, 0.1) is 11.7 Å². The Balaban J connectivity index is 1.20. The third kappa shape index (κ3) is 3.42. The number of hydrogen-bond donors (Lipinski definition) is 4. The fraction of sp³-hybridized carbons (Fsp3) is 0.364. The number of halogens is 1. The zero-order valence-electron chi connectivity index (χ0n) is 16.7. The Morgan fingerprint density at radius 2 is 2.17 bits per heavy atom. The number of nitrogens with one attached hydrogen (secondary N) is 4. The van der Waals surface area contributed by atoms with E-state index in [1.54, 1.807) is 13.2 Å². The quantitative estimate of drug-likeness (QED) is 0.518. The van der Waals surface area contributed by atoms with E-state index in [4.69, 9.17) is 4.74 Å². The number of amides is 1. The van der Waals surface area contributed by atoms with E-state index in [9.17, 15) is 9.18 Å². The summed E-state index contributed by atoms with van der Waals surface area (Å²) in [4.78, 5) is 20.4. The molecule has 1 saturated heterocycles. The molecule has 2 aromatic carbocycles. The maximum Gasteiger partial charge on any atom is 0.238 e. The van der Waals surface area contributed by atoms with Crippen LogP contribution in [0.15, 0.2) is 36.4 Å². The molecule has 3 unspecified atom stereocenters. The van der Waals surface area contributed by atoms with Gasteiger partial charge < -0.3 is 15.0 Å². The van der Waals surface area contributed by atoms with Gasteiger partial charge in [0, 0.05) is 18.9 Å². The predicted molar refractivity (Wildman–Crippen MR) is 110 cm³/mol. The van der Waals surface area contributed by atoms with Gasteiger partial charge in [0.1, 0.15) is 23.4 Å². The van der Waals surface area contributed by atoms with Crippen molar-refractivity contribution in [2.75, 3.05) is 13.7 Å². The Bertz CT molecular complexity index is 1100. The van der Waals surface area contributed by atoms with E-state index >= 15 is 0 Å². The summed E-state index contributed by atoms with van der Waals surface area (Å²) >= 11 is 0. The molecule has 1 fully saturated rings.